The van der Waals surface area contributed by atoms with Crippen molar-refractivity contribution in [1.29, 1.82) is 0 Å². The molecule has 1 spiro atoms. The molecule has 0 aromatic carbocycles. The van der Waals surface area contributed by atoms with Gasteiger partial charge in [0, 0.05) is 12.1 Å². The monoisotopic (exact) mass is 238 g/mol. The van der Waals surface area contributed by atoms with Gasteiger partial charge in [-0.25, -0.2) is 0 Å². The van der Waals surface area contributed by atoms with Gasteiger partial charge < -0.3 is 10.6 Å². The summed E-state index contributed by atoms with van der Waals surface area (Å²) in [7, 11) is 0. The number of carbonyl (C=O) groups is 1. The van der Waals surface area contributed by atoms with E-state index < -0.39 is 0 Å². The molecule has 17 heavy (non-hydrogen) atoms. The van der Waals surface area contributed by atoms with Crippen LogP contribution >= 0.6 is 0 Å². The van der Waals surface area contributed by atoms with Gasteiger partial charge in [-0.05, 0) is 44.9 Å². The maximum absolute atomic E-state index is 11.6. The minimum Gasteiger partial charge on any atom is -0.353 e. The van der Waals surface area contributed by atoms with E-state index in [1.807, 2.05) is 13.8 Å². The Labute approximate surface area is 105 Å². The smallest absolute Gasteiger partial charge is 0.234 e. The molecule has 0 saturated heterocycles. The lowest BCUT2D eigenvalue weighted by Gasteiger charge is -2.52. The van der Waals surface area contributed by atoms with Crippen LogP contribution in [0.5, 0.6) is 0 Å². The van der Waals surface area contributed by atoms with E-state index in [9.17, 15) is 4.79 Å². The van der Waals surface area contributed by atoms with Gasteiger partial charge in [0.25, 0.3) is 0 Å². The van der Waals surface area contributed by atoms with Crippen LogP contribution in [-0.4, -0.2) is 24.5 Å². The Balaban J connectivity index is 1.74. The van der Waals surface area contributed by atoms with E-state index in [-0.39, 0.29) is 11.9 Å². The van der Waals surface area contributed by atoms with Crippen molar-refractivity contribution in [2.75, 3.05) is 6.54 Å². The highest BCUT2D eigenvalue weighted by Crippen LogP contribution is 2.51. The molecule has 0 radical (unpaired) electrons. The molecule has 0 aliphatic heterocycles. The molecule has 2 saturated carbocycles. The van der Waals surface area contributed by atoms with E-state index in [0.717, 1.165) is 0 Å². The first-order valence-electron chi connectivity index (χ1n) is 7.15. The molecule has 2 aliphatic carbocycles. The number of rotatable bonds is 4. The second-order valence-electron chi connectivity index (χ2n) is 6.12. The SMILES string of the molecule is CC(C)NC(=O)CNC1CCC12CCCCC2. The molecule has 1 unspecified atom stereocenters. The van der Waals surface area contributed by atoms with Crippen molar-refractivity contribution in [3.8, 4) is 0 Å². The third-order valence-corrected chi connectivity index (χ3v) is 4.48. The quantitative estimate of drug-likeness (QED) is 0.788. The summed E-state index contributed by atoms with van der Waals surface area (Å²) in [4.78, 5) is 11.6. The zero-order valence-corrected chi connectivity index (χ0v) is 11.2. The summed E-state index contributed by atoms with van der Waals surface area (Å²) in [6, 6.07) is 0.843. The van der Waals surface area contributed by atoms with Gasteiger partial charge in [-0.3, -0.25) is 4.79 Å². The van der Waals surface area contributed by atoms with E-state index in [0.29, 0.717) is 18.0 Å². The van der Waals surface area contributed by atoms with Crippen LogP contribution in [0.4, 0.5) is 0 Å². The fraction of sp³-hybridized carbons (Fsp3) is 0.929. The fourth-order valence-corrected chi connectivity index (χ4v) is 3.46. The van der Waals surface area contributed by atoms with Gasteiger partial charge >= 0.3 is 0 Å². The maximum Gasteiger partial charge on any atom is 0.234 e. The molecule has 2 aliphatic rings. The van der Waals surface area contributed by atoms with Crippen LogP contribution in [0.3, 0.4) is 0 Å². The van der Waals surface area contributed by atoms with Crippen molar-refractivity contribution in [3.05, 3.63) is 0 Å². The van der Waals surface area contributed by atoms with Crippen LogP contribution in [0, 0.1) is 5.41 Å². The molecular weight excluding hydrogens is 212 g/mol. The highest BCUT2D eigenvalue weighted by atomic mass is 16.1. The van der Waals surface area contributed by atoms with Gasteiger partial charge in [-0.2, -0.15) is 0 Å². The predicted molar refractivity (Wildman–Crippen MR) is 69.8 cm³/mol. The molecule has 98 valence electrons. The average molecular weight is 238 g/mol. The Hall–Kier alpha value is -0.570. The molecule has 1 amide bonds. The Morgan fingerprint density at radius 2 is 1.94 bits per heavy atom. The van der Waals surface area contributed by atoms with E-state index in [2.05, 4.69) is 10.6 Å². The standard InChI is InChI=1S/C14H26N2O/c1-11(2)16-13(17)10-15-12-6-9-14(12)7-4-3-5-8-14/h11-12,15H,3-10H2,1-2H3,(H,16,17). The molecule has 3 heteroatoms. The molecule has 2 rings (SSSR count). The number of amides is 1. The van der Waals surface area contributed by atoms with E-state index in [4.69, 9.17) is 0 Å². The second kappa shape index (κ2) is 5.38. The largest absolute Gasteiger partial charge is 0.353 e. The van der Waals surface area contributed by atoms with Crippen LogP contribution in [0.15, 0.2) is 0 Å². The van der Waals surface area contributed by atoms with Gasteiger partial charge in [-0.15, -0.1) is 0 Å². The molecule has 3 nitrogen and oxygen atoms in total. The number of carbonyl (C=O) groups excluding carboxylic acids is 1. The van der Waals surface area contributed by atoms with Crippen molar-refractivity contribution in [1.82, 2.24) is 10.6 Å². The van der Waals surface area contributed by atoms with E-state index >= 15 is 0 Å². The van der Waals surface area contributed by atoms with Crippen molar-refractivity contribution in [3.63, 3.8) is 0 Å². The third kappa shape index (κ3) is 3.01. The third-order valence-electron chi connectivity index (χ3n) is 4.48. The molecular formula is C14H26N2O. The Kier molecular flexibility index (Phi) is 4.08. The lowest BCUT2D eigenvalue weighted by Crippen LogP contribution is -2.56. The summed E-state index contributed by atoms with van der Waals surface area (Å²) in [6.07, 6.45) is 9.55. The van der Waals surface area contributed by atoms with Crippen molar-refractivity contribution >= 4 is 5.91 Å². The molecule has 0 aromatic heterocycles. The van der Waals surface area contributed by atoms with Crippen molar-refractivity contribution in [2.24, 2.45) is 5.41 Å². The second-order valence-corrected chi connectivity index (χ2v) is 6.12. The van der Waals surface area contributed by atoms with E-state index in [1.165, 1.54) is 44.9 Å². The summed E-state index contributed by atoms with van der Waals surface area (Å²) in [5.41, 5.74) is 0.552. The Morgan fingerprint density at radius 1 is 1.24 bits per heavy atom. The minimum atomic E-state index is 0.137. The molecule has 0 aromatic rings. The highest BCUT2D eigenvalue weighted by Gasteiger charge is 2.46. The number of nitrogens with one attached hydrogen (secondary N) is 2. The molecule has 2 fully saturated rings. The van der Waals surface area contributed by atoms with Crippen LogP contribution in [0.2, 0.25) is 0 Å². The maximum atomic E-state index is 11.6. The van der Waals surface area contributed by atoms with Crippen LogP contribution in [0.1, 0.15) is 58.8 Å². The van der Waals surface area contributed by atoms with Crippen LogP contribution < -0.4 is 10.6 Å². The van der Waals surface area contributed by atoms with Crippen molar-refractivity contribution < 1.29 is 4.79 Å². The van der Waals surface area contributed by atoms with Crippen LogP contribution in [0.25, 0.3) is 0 Å². The molecule has 0 bridgehead atoms. The minimum absolute atomic E-state index is 0.137. The first kappa shape index (κ1) is 12.9. The fourth-order valence-electron chi connectivity index (χ4n) is 3.46. The summed E-state index contributed by atoms with van der Waals surface area (Å²) >= 11 is 0. The van der Waals surface area contributed by atoms with Gasteiger partial charge in [0.1, 0.15) is 0 Å². The van der Waals surface area contributed by atoms with Gasteiger partial charge in [0.2, 0.25) is 5.91 Å². The zero-order valence-electron chi connectivity index (χ0n) is 11.2. The van der Waals surface area contributed by atoms with Gasteiger partial charge in [0.15, 0.2) is 0 Å². The molecule has 0 heterocycles. The molecule has 1 atom stereocenters. The first-order chi connectivity index (χ1) is 8.12. The van der Waals surface area contributed by atoms with Crippen molar-refractivity contribution in [2.45, 2.75) is 70.9 Å². The lowest BCUT2D eigenvalue weighted by molar-refractivity contribution is -0.121. The summed E-state index contributed by atoms with van der Waals surface area (Å²) < 4.78 is 0. The van der Waals surface area contributed by atoms with Gasteiger partial charge in [-0.1, -0.05) is 19.3 Å². The number of hydrogen-bond acceptors (Lipinski definition) is 2. The highest BCUT2D eigenvalue weighted by molar-refractivity contribution is 5.78. The number of hydrogen-bond donors (Lipinski definition) is 2. The molecule has 2 N–H and O–H groups in total. The van der Waals surface area contributed by atoms with Crippen LogP contribution in [-0.2, 0) is 4.79 Å². The van der Waals surface area contributed by atoms with Gasteiger partial charge in [0.05, 0.1) is 6.54 Å². The lowest BCUT2D eigenvalue weighted by atomic mass is 9.57. The first-order valence-corrected chi connectivity index (χ1v) is 7.15. The topological polar surface area (TPSA) is 41.1 Å². The predicted octanol–water partition coefficient (Wildman–Crippen LogP) is 2.21. The summed E-state index contributed by atoms with van der Waals surface area (Å²) in [6.45, 7) is 4.50. The normalized spacial score (nSPS) is 26.9. The zero-order chi connectivity index (χ0) is 12.3. The van der Waals surface area contributed by atoms with E-state index in [1.54, 1.807) is 0 Å². The summed E-state index contributed by atoms with van der Waals surface area (Å²) in [5.74, 6) is 0.137. The Bertz CT molecular complexity index is 269. The Morgan fingerprint density at radius 3 is 2.47 bits per heavy atom. The average Bonchev–Trinajstić information content (AvgIpc) is 2.28. The summed E-state index contributed by atoms with van der Waals surface area (Å²) in [5, 5.41) is 6.41.